The molecule has 3 aromatic rings. The van der Waals surface area contributed by atoms with Crippen molar-refractivity contribution in [3.63, 3.8) is 0 Å². The number of ether oxygens (including phenoxy) is 1. The van der Waals surface area contributed by atoms with Gasteiger partial charge in [0.1, 0.15) is 5.75 Å². The first-order valence-corrected chi connectivity index (χ1v) is 10.4. The molecule has 1 heterocycles. The van der Waals surface area contributed by atoms with E-state index in [1.807, 2.05) is 24.3 Å². The van der Waals surface area contributed by atoms with Crippen molar-refractivity contribution in [3.05, 3.63) is 107 Å². The van der Waals surface area contributed by atoms with Crippen LogP contribution in [0.3, 0.4) is 0 Å². The maximum atomic E-state index is 11.6. The molecule has 1 aliphatic heterocycles. The summed E-state index contributed by atoms with van der Waals surface area (Å²) < 4.78 is 5.29. The van der Waals surface area contributed by atoms with E-state index in [2.05, 4.69) is 65.6 Å². The molecule has 3 aromatic carbocycles. The highest BCUT2D eigenvalue weighted by molar-refractivity contribution is 5.94. The molecule has 30 heavy (non-hydrogen) atoms. The number of carbonyl (C=O) groups is 1. The molecule has 0 saturated carbocycles. The van der Waals surface area contributed by atoms with Gasteiger partial charge >= 0.3 is 0 Å². The monoisotopic (exact) mass is 397 g/mol. The number of benzene rings is 3. The highest BCUT2D eigenvalue weighted by Gasteiger charge is 2.25. The predicted octanol–water partition coefficient (Wildman–Crippen LogP) is 5.93. The second kappa shape index (κ2) is 9.10. The normalized spacial score (nSPS) is 16.7. The van der Waals surface area contributed by atoms with Crippen molar-refractivity contribution in [2.75, 3.05) is 13.7 Å². The van der Waals surface area contributed by atoms with Crippen LogP contribution in [0.1, 0.15) is 46.4 Å². The van der Waals surface area contributed by atoms with E-state index < -0.39 is 0 Å². The molecule has 3 nitrogen and oxygen atoms in total. The summed E-state index contributed by atoms with van der Waals surface area (Å²) in [5.74, 6) is 0.986. The Kier molecular flexibility index (Phi) is 6.10. The average Bonchev–Trinajstić information content (AvgIpc) is 2.80. The Morgan fingerprint density at radius 3 is 2.30 bits per heavy atom. The van der Waals surface area contributed by atoms with Crippen molar-refractivity contribution in [1.82, 2.24) is 4.90 Å². The molecule has 0 bridgehead atoms. The highest BCUT2D eigenvalue weighted by atomic mass is 16.5. The molecule has 3 heteroatoms. The third-order valence-electron chi connectivity index (χ3n) is 5.82. The van der Waals surface area contributed by atoms with Gasteiger partial charge in [-0.05, 0) is 47.7 Å². The zero-order valence-corrected chi connectivity index (χ0v) is 17.5. The fourth-order valence-electron chi connectivity index (χ4n) is 4.07. The lowest BCUT2D eigenvalue weighted by atomic mass is 9.89. The number of methoxy groups -OCH3 is 1. The van der Waals surface area contributed by atoms with Crippen molar-refractivity contribution < 1.29 is 9.53 Å². The molecule has 0 aromatic heterocycles. The average molecular weight is 398 g/mol. The second-order valence-corrected chi connectivity index (χ2v) is 7.77. The molecular weight excluding hydrogens is 370 g/mol. The first kappa shape index (κ1) is 20.1. The molecule has 0 N–H and O–H groups in total. The summed E-state index contributed by atoms with van der Waals surface area (Å²) >= 11 is 0. The summed E-state index contributed by atoms with van der Waals surface area (Å²) in [5, 5.41) is 0. The molecule has 4 rings (SSSR count). The molecule has 0 fully saturated rings. The summed E-state index contributed by atoms with van der Waals surface area (Å²) in [6.45, 7) is 3.38. The Bertz CT molecular complexity index is 1020. The van der Waals surface area contributed by atoms with Gasteiger partial charge in [0.15, 0.2) is 5.78 Å². The van der Waals surface area contributed by atoms with Gasteiger partial charge < -0.3 is 4.74 Å². The predicted molar refractivity (Wildman–Crippen MR) is 122 cm³/mol. The maximum Gasteiger partial charge on any atom is 0.159 e. The van der Waals surface area contributed by atoms with Crippen LogP contribution in [0.5, 0.6) is 5.75 Å². The van der Waals surface area contributed by atoms with Crippen molar-refractivity contribution in [2.24, 2.45) is 0 Å². The van der Waals surface area contributed by atoms with Gasteiger partial charge in [-0.1, -0.05) is 72.8 Å². The van der Waals surface area contributed by atoms with E-state index in [9.17, 15) is 4.79 Å². The van der Waals surface area contributed by atoms with Gasteiger partial charge in [0.25, 0.3) is 0 Å². The number of rotatable bonds is 6. The van der Waals surface area contributed by atoms with E-state index in [1.54, 1.807) is 14.0 Å². The lowest BCUT2D eigenvalue weighted by Gasteiger charge is -2.36. The summed E-state index contributed by atoms with van der Waals surface area (Å²) in [6, 6.07) is 27.4. The van der Waals surface area contributed by atoms with Crippen LogP contribution in [-0.2, 0) is 6.54 Å². The number of nitrogens with zero attached hydrogens (tertiary/aromatic N) is 1. The summed E-state index contributed by atoms with van der Waals surface area (Å²) in [7, 11) is 1.69. The van der Waals surface area contributed by atoms with Crippen LogP contribution in [0.4, 0.5) is 0 Å². The smallest absolute Gasteiger partial charge is 0.159 e. The molecule has 1 aliphatic rings. The van der Waals surface area contributed by atoms with Gasteiger partial charge in [-0.2, -0.15) is 0 Å². The standard InChI is InChI=1S/C27H27NO2/c1-20(29)22-10-12-23(13-11-22)25-16-17-28(19-21-8-14-26(30-2)15-9-21)27(18-25)24-6-4-3-5-7-24/h3-16,27H,17-19H2,1-2H3. The fourth-order valence-corrected chi connectivity index (χ4v) is 4.07. The first-order chi connectivity index (χ1) is 14.6. The van der Waals surface area contributed by atoms with E-state index >= 15 is 0 Å². The third kappa shape index (κ3) is 4.52. The largest absolute Gasteiger partial charge is 0.497 e. The van der Waals surface area contributed by atoms with Gasteiger partial charge in [0.2, 0.25) is 0 Å². The highest BCUT2D eigenvalue weighted by Crippen LogP contribution is 2.36. The Morgan fingerprint density at radius 2 is 1.67 bits per heavy atom. The second-order valence-electron chi connectivity index (χ2n) is 7.77. The van der Waals surface area contributed by atoms with Crippen molar-refractivity contribution in [2.45, 2.75) is 25.9 Å². The summed E-state index contributed by atoms with van der Waals surface area (Å²) in [5.41, 5.74) is 5.90. The molecule has 1 atom stereocenters. The quantitative estimate of drug-likeness (QED) is 0.483. The number of Topliss-reactive ketones (excluding diaryl/α,β-unsaturated/α-hetero) is 1. The zero-order chi connectivity index (χ0) is 20.9. The van der Waals surface area contributed by atoms with Crippen LogP contribution in [0.15, 0.2) is 84.9 Å². The van der Waals surface area contributed by atoms with E-state index in [-0.39, 0.29) is 5.78 Å². The Balaban J connectivity index is 1.60. The van der Waals surface area contributed by atoms with Crippen LogP contribution in [0.2, 0.25) is 0 Å². The summed E-state index contributed by atoms with van der Waals surface area (Å²) in [4.78, 5) is 14.1. The van der Waals surface area contributed by atoms with Crippen LogP contribution >= 0.6 is 0 Å². The topological polar surface area (TPSA) is 29.5 Å². The lowest BCUT2D eigenvalue weighted by molar-refractivity contribution is 0.101. The van der Waals surface area contributed by atoms with Crippen molar-refractivity contribution in [3.8, 4) is 5.75 Å². The Labute approximate surface area is 178 Å². The molecule has 0 spiro atoms. The van der Waals surface area contributed by atoms with Crippen molar-refractivity contribution in [1.29, 1.82) is 0 Å². The van der Waals surface area contributed by atoms with E-state index in [1.165, 1.54) is 22.3 Å². The Morgan fingerprint density at radius 1 is 0.967 bits per heavy atom. The fraction of sp³-hybridized carbons (Fsp3) is 0.222. The van der Waals surface area contributed by atoms with Crippen LogP contribution in [0, 0.1) is 0 Å². The number of carbonyl (C=O) groups excluding carboxylic acids is 1. The van der Waals surface area contributed by atoms with Gasteiger partial charge in [-0.25, -0.2) is 0 Å². The van der Waals surface area contributed by atoms with E-state index in [0.717, 1.165) is 30.8 Å². The molecule has 0 aliphatic carbocycles. The first-order valence-electron chi connectivity index (χ1n) is 10.4. The molecule has 0 amide bonds. The minimum atomic E-state index is 0.104. The molecule has 1 unspecified atom stereocenters. The van der Waals surface area contributed by atoms with E-state index in [4.69, 9.17) is 4.74 Å². The van der Waals surface area contributed by atoms with E-state index in [0.29, 0.717) is 6.04 Å². The van der Waals surface area contributed by atoms with Gasteiger partial charge in [0.05, 0.1) is 7.11 Å². The summed E-state index contributed by atoms with van der Waals surface area (Å²) in [6.07, 6.45) is 3.27. The lowest BCUT2D eigenvalue weighted by Crippen LogP contribution is -2.32. The minimum absolute atomic E-state index is 0.104. The SMILES string of the molecule is COc1ccc(CN2CC=C(c3ccc(C(C)=O)cc3)CC2c2ccccc2)cc1. The van der Waals surface area contributed by atoms with Gasteiger partial charge in [-0.3, -0.25) is 9.69 Å². The maximum absolute atomic E-state index is 11.6. The molecule has 0 saturated heterocycles. The van der Waals surface area contributed by atoms with Crippen LogP contribution in [0.25, 0.3) is 5.57 Å². The molecular formula is C27H27NO2. The number of hydrogen-bond donors (Lipinski definition) is 0. The van der Waals surface area contributed by atoms with Crippen molar-refractivity contribution >= 4 is 11.4 Å². The van der Waals surface area contributed by atoms with Crippen LogP contribution in [-0.4, -0.2) is 24.3 Å². The number of ketones is 1. The number of hydrogen-bond acceptors (Lipinski definition) is 3. The Hall–Kier alpha value is -3.17. The van der Waals surface area contributed by atoms with Gasteiger partial charge in [0, 0.05) is 24.7 Å². The zero-order valence-electron chi connectivity index (χ0n) is 17.5. The molecule has 152 valence electrons. The van der Waals surface area contributed by atoms with Gasteiger partial charge in [-0.15, -0.1) is 0 Å². The third-order valence-corrected chi connectivity index (χ3v) is 5.82. The molecule has 0 radical (unpaired) electrons. The van der Waals surface area contributed by atoms with Crippen LogP contribution < -0.4 is 4.74 Å². The minimum Gasteiger partial charge on any atom is -0.497 e.